The summed E-state index contributed by atoms with van der Waals surface area (Å²) >= 11 is 0. The molecule has 1 fully saturated rings. The van der Waals surface area contributed by atoms with Gasteiger partial charge in [-0.15, -0.1) is 0 Å². The van der Waals surface area contributed by atoms with Crippen LogP contribution in [-0.2, 0) is 27.4 Å². The van der Waals surface area contributed by atoms with E-state index in [1.807, 2.05) is 24.3 Å². The molecule has 2 atom stereocenters. The first-order valence-electron chi connectivity index (χ1n) is 14.7. The van der Waals surface area contributed by atoms with Crippen LogP contribution in [0, 0.1) is 6.92 Å². The van der Waals surface area contributed by atoms with Crippen LogP contribution in [0.1, 0.15) is 39.8 Å². The Morgan fingerprint density at radius 1 is 1.02 bits per heavy atom. The number of hydroxylamine groups is 1. The van der Waals surface area contributed by atoms with Gasteiger partial charge in [0.2, 0.25) is 0 Å². The molecule has 0 aromatic heterocycles. The number of hydrogen-bond donors (Lipinski definition) is 1. The molecule has 0 bridgehead atoms. The Bertz CT molecular complexity index is 1420. The number of ether oxygens (including phenoxy) is 3. The van der Waals surface area contributed by atoms with E-state index in [2.05, 4.69) is 65.8 Å². The van der Waals surface area contributed by atoms with Crippen molar-refractivity contribution in [1.29, 1.82) is 0 Å². The maximum absolute atomic E-state index is 12.9. The van der Waals surface area contributed by atoms with Gasteiger partial charge in [-0.05, 0) is 42.2 Å². The number of methoxy groups -OCH3 is 1. The highest BCUT2D eigenvalue weighted by atomic mass is 16.6. The second-order valence-electron chi connectivity index (χ2n) is 11.1. The maximum atomic E-state index is 12.9. The monoisotopic (exact) mass is 569 g/mol. The van der Waals surface area contributed by atoms with E-state index in [9.17, 15) is 4.79 Å². The number of rotatable bonds is 9. The van der Waals surface area contributed by atoms with Gasteiger partial charge in [0, 0.05) is 43.4 Å². The zero-order valence-electron chi connectivity index (χ0n) is 24.4. The van der Waals surface area contributed by atoms with Gasteiger partial charge in [0.05, 0.1) is 33.0 Å². The zero-order chi connectivity index (χ0) is 28.9. The summed E-state index contributed by atoms with van der Waals surface area (Å²) in [7, 11) is 1.65. The van der Waals surface area contributed by atoms with Crippen molar-refractivity contribution in [3.63, 3.8) is 0 Å². The topological polar surface area (TPSA) is 72.5 Å². The van der Waals surface area contributed by atoms with Crippen molar-refractivity contribution in [2.45, 2.75) is 31.9 Å². The van der Waals surface area contributed by atoms with Gasteiger partial charge in [0.1, 0.15) is 0 Å². The van der Waals surface area contributed by atoms with Crippen LogP contribution in [0.2, 0.25) is 0 Å². The van der Waals surface area contributed by atoms with E-state index in [4.69, 9.17) is 19.0 Å². The van der Waals surface area contributed by atoms with Gasteiger partial charge in [-0.1, -0.05) is 66.2 Å². The van der Waals surface area contributed by atoms with Crippen LogP contribution in [0.5, 0.6) is 11.5 Å². The van der Waals surface area contributed by atoms with E-state index in [1.165, 1.54) is 16.7 Å². The van der Waals surface area contributed by atoms with Crippen LogP contribution in [0.15, 0.2) is 78.5 Å². The van der Waals surface area contributed by atoms with Crippen LogP contribution in [-0.4, -0.2) is 68.8 Å². The zero-order valence-corrected chi connectivity index (χ0v) is 24.4. The summed E-state index contributed by atoms with van der Waals surface area (Å²) in [6, 6.07) is 23.0. The number of fused-ring (bicyclic) bond motifs is 3. The number of benzene rings is 3. The van der Waals surface area contributed by atoms with E-state index >= 15 is 0 Å². The van der Waals surface area contributed by atoms with Gasteiger partial charge < -0.3 is 19.1 Å². The van der Waals surface area contributed by atoms with E-state index in [0.29, 0.717) is 44.4 Å². The highest BCUT2D eigenvalue weighted by molar-refractivity contribution is 5.78. The fourth-order valence-electron chi connectivity index (χ4n) is 6.18. The molecule has 0 aliphatic carbocycles. The molecule has 0 unspecified atom stereocenters. The van der Waals surface area contributed by atoms with E-state index in [0.717, 1.165) is 36.3 Å². The number of aryl methyl sites for hydroxylation is 1. The molecular formula is C34H39N3O5. The predicted molar refractivity (Wildman–Crippen MR) is 160 cm³/mol. The Labute approximate surface area is 247 Å². The van der Waals surface area contributed by atoms with E-state index in [-0.39, 0.29) is 24.5 Å². The molecule has 3 aliphatic rings. The Morgan fingerprint density at radius 2 is 1.86 bits per heavy atom. The standard InChI is InChI=1S/C34H39N3O5/c1-24-7-6-10-26(19-24)29-21-37-14-13-28-27(31(37)20-30(29)35-42-22-25-8-4-3-5-9-25)11-12-32(39-2)34(28)41-23-33(38)36-15-17-40-18-16-36/h3-12,19-20,29,31,35H,13-18,21-23H2,1-2H3/t29-,31+/m1/s1. The van der Waals surface area contributed by atoms with Crippen LogP contribution < -0.4 is 15.0 Å². The minimum atomic E-state index is -0.0315. The molecule has 1 N–H and O–H groups in total. The van der Waals surface area contributed by atoms with E-state index < -0.39 is 0 Å². The van der Waals surface area contributed by atoms with Crippen molar-refractivity contribution >= 4 is 5.91 Å². The van der Waals surface area contributed by atoms with Gasteiger partial charge in [0.15, 0.2) is 18.1 Å². The summed E-state index contributed by atoms with van der Waals surface area (Å²) in [4.78, 5) is 23.3. The fraction of sp³-hybridized carbons (Fsp3) is 0.382. The second-order valence-corrected chi connectivity index (χ2v) is 11.1. The number of amides is 1. The lowest BCUT2D eigenvalue weighted by molar-refractivity contribution is -0.137. The lowest BCUT2D eigenvalue weighted by Gasteiger charge is -2.43. The first-order chi connectivity index (χ1) is 20.6. The molecule has 3 aliphatic heterocycles. The lowest BCUT2D eigenvalue weighted by atomic mass is 9.83. The van der Waals surface area contributed by atoms with Crippen LogP contribution in [0.25, 0.3) is 0 Å². The number of carbonyl (C=O) groups excluding carboxylic acids is 1. The van der Waals surface area contributed by atoms with Crippen molar-refractivity contribution < 1.29 is 23.8 Å². The van der Waals surface area contributed by atoms with Crippen LogP contribution >= 0.6 is 0 Å². The van der Waals surface area contributed by atoms with Crippen molar-refractivity contribution in [3.8, 4) is 11.5 Å². The molecule has 0 spiro atoms. The third-order valence-electron chi connectivity index (χ3n) is 8.39. The lowest BCUT2D eigenvalue weighted by Crippen LogP contribution is -2.43. The summed E-state index contributed by atoms with van der Waals surface area (Å²) in [5.41, 5.74) is 10.3. The molecule has 6 rings (SSSR count). The third-order valence-corrected chi connectivity index (χ3v) is 8.39. The highest BCUT2D eigenvalue weighted by Crippen LogP contribution is 2.45. The number of morpholine rings is 1. The minimum absolute atomic E-state index is 0.0212. The van der Waals surface area contributed by atoms with Crippen molar-refractivity contribution in [1.82, 2.24) is 15.3 Å². The number of hydrogen-bond acceptors (Lipinski definition) is 7. The molecular weight excluding hydrogens is 530 g/mol. The minimum Gasteiger partial charge on any atom is -0.493 e. The molecule has 3 aromatic carbocycles. The number of nitrogens with one attached hydrogen (secondary N) is 1. The SMILES string of the molecule is COc1ccc2c(c1OCC(=O)N1CCOCC1)CCN1C[C@H](c3cccc(C)c3)C(NOCc3ccccc3)=C[C@@H]21. The van der Waals surface area contributed by atoms with Crippen LogP contribution in [0.3, 0.4) is 0 Å². The molecule has 3 heterocycles. The van der Waals surface area contributed by atoms with Crippen molar-refractivity contribution in [2.75, 3.05) is 53.1 Å². The quantitative estimate of drug-likeness (QED) is 0.380. The maximum Gasteiger partial charge on any atom is 0.260 e. The Morgan fingerprint density at radius 3 is 2.64 bits per heavy atom. The molecule has 42 heavy (non-hydrogen) atoms. The molecule has 8 nitrogen and oxygen atoms in total. The molecule has 1 saturated heterocycles. The van der Waals surface area contributed by atoms with Gasteiger partial charge in [-0.25, -0.2) is 0 Å². The van der Waals surface area contributed by atoms with Gasteiger partial charge in [-0.3, -0.25) is 20.0 Å². The summed E-state index contributed by atoms with van der Waals surface area (Å²) in [6.07, 6.45) is 3.10. The molecule has 1 amide bonds. The Hall–Kier alpha value is -3.85. The Kier molecular flexibility index (Phi) is 8.74. The largest absolute Gasteiger partial charge is 0.493 e. The first kappa shape index (κ1) is 28.3. The normalized spacial score (nSPS) is 20.2. The predicted octanol–water partition coefficient (Wildman–Crippen LogP) is 4.54. The Balaban J connectivity index is 1.28. The highest BCUT2D eigenvalue weighted by Gasteiger charge is 2.36. The number of nitrogens with zero attached hydrogens (tertiary/aromatic N) is 2. The average Bonchev–Trinajstić information content (AvgIpc) is 3.03. The van der Waals surface area contributed by atoms with Gasteiger partial charge >= 0.3 is 0 Å². The summed E-state index contributed by atoms with van der Waals surface area (Å²) in [6.45, 7) is 6.63. The summed E-state index contributed by atoms with van der Waals surface area (Å²) < 4.78 is 17.3. The van der Waals surface area contributed by atoms with Crippen LogP contribution in [0.4, 0.5) is 0 Å². The van der Waals surface area contributed by atoms with Gasteiger partial charge in [-0.2, -0.15) is 0 Å². The molecule has 8 heteroatoms. The summed E-state index contributed by atoms with van der Waals surface area (Å²) in [5, 5.41) is 0. The smallest absolute Gasteiger partial charge is 0.260 e. The van der Waals surface area contributed by atoms with Crippen molar-refractivity contribution in [2.24, 2.45) is 0 Å². The van der Waals surface area contributed by atoms with Crippen molar-refractivity contribution in [3.05, 3.63) is 106 Å². The number of carbonyl (C=O) groups is 1. The molecule has 0 saturated carbocycles. The summed E-state index contributed by atoms with van der Waals surface area (Å²) in [5.74, 6) is 1.44. The first-order valence-corrected chi connectivity index (χ1v) is 14.7. The molecule has 0 radical (unpaired) electrons. The van der Waals surface area contributed by atoms with E-state index in [1.54, 1.807) is 12.0 Å². The average molecular weight is 570 g/mol. The fourth-order valence-corrected chi connectivity index (χ4v) is 6.18. The molecule has 220 valence electrons. The van der Waals surface area contributed by atoms with Gasteiger partial charge in [0.25, 0.3) is 5.91 Å². The second kappa shape index (κ2) is 13.0. The molecule has 3 aromatic rings. The third kappa shape index (κ3) is 6.16.